The summed E-state index contributed by atoms with van der Waals surface area (Å²) in [5, 5.41) is 18.9. The fraction of sp³-hybridized carbons (Fsp3) is 0.500. The summed E-state index contributed by atoms with van der Waals surface area (Å²) in [7, 11) is 0. The van der Waals surface area contributed by atoms with Crippen molar-refractivity contribution in [2.75, 3.05) is 6.54 Å². The highest BCUT2D eigenvalue weighted by molar-refractivity contribution is 14.1. The van der Waals surface area contributed by atoms with Gasteiger partial charge in [-0.25, -0.2) is 14.2 Å². The molecule has 23 heavy (non-hydrogen) atoms. The molecule has 0 saturated carbocycles. The molecule has 1 fully saturated rings. The second-order valence-corrected chi connectivity index (χ2v) is 7.28. The molecule has 0 radical (unpaired) electrons. The number of likely N-dealkylation sites (tertiary alicyclic amines) is 1. The Morgan fingerprint density at radius 1 is 1.57 bits per heavy atom. The average molecular weight is 457 g/mol. The van der Waals surface area contributed by atoms with Gasteiger partial charge in [-0.05, 0) is 48.4 Å². The lowest BCUT2D eigenvalue weighted by Crippen LogP contribution is -2.51. The maximum Gasteiger partial charge on any atom is 0.407 e. The van der Waals surface area contributed by atoms with E-state index in [9.17, 15) is 19.1 Å². The monoisotopic (exact) mass is 456 g/mol. The van der Waals surface area contributed by atoms with Gasteiger partial charge in [0.15, 0.2) is 5.82 Å². The first-order valence-corrected chi connectivity index (χ1v) is 8.35. The standard InChI is InChI=1S/C14H15ClFIN2O4/c1-7-5-14(12(20)21,2-3-19(7)13(22)23)6-9-11(16)8(17)4-10(15)18-9/h4,7H,2-3,5-6H2,1H3,(H,20,21)(H,22,23)/t7-,14?/m1/s1. The molecule has 0 aliphatic carbocycles. The summed E-state index contributed by atoms with van der Waals surface area (Å²) in [5.41, 5.74) is -1.26. The number of halogens is 3. The van der Waals surface area contributed by atoms with Crippen molar-refractivity contribution in [3.05, 3.63) is 26.3 Å². The van der Waals surface area contributed by atoms with Crippen LogP contribution in [0.3, 0.4) is 0 Å². The van der Waals surface area contributed by atoms with Gasteiger partial charge in [-0.1, -0.05) is 11.6 Å². The average Bonchev–Trinajstić information content (AvgIpc) is 2.43. The van der Waals surface area contributed by atoms with Crippen molar-refractivity contribution >= 4 is 46.3 Å². The number of hydrogen-bond donors (Lipinski definition) is 2. The molecule has 2 heterocycles. The molecule has 1 unspecified atom stereocenters. The van der Waals surface area contributed by atoms with Crippen molar-refractivity contribution in [1.29, 1.82) is 0 Å². The molecule has 1 aromatic heterocycles. The minimum absolute atomic E-state index is 0.000255. The number of pyridine rings is 1. The highest BCUT2D eigenvalue weighted by Crippen LogP contribution is 2.39. The largest absolute Gasteiger partial charge is 0.481 e. The maximum absolute atomic E-state index is 14.2. The smallest absolute Gasteiger partial charge is 0.407 e. The van der Waals surface area contributed by atoms with E-state index in [0.29, 0.717) is 0 Å². The molecular formula is C14H15ClFIN2O4. The number of nitrogens with zero attached hydrogens (tertiary/aromatic N) is 2. The number of carboxylic acid groups (broad SMARTS) is 2. The van der Waals surface area contributed by atoms with Gasteiger partial charge in [0, 0.05) is 19.0 Å². The predicted octanol–water partition coefficient (Wildman–Crippen LogP) is 3.25. The SMILES string of the molecule is C[C@@H]1CC(Cc2nc(Cl)cc(I)c2F)(C(=O)O)CCN1C(=O)O. The van der Waals surface area contributed by atoms with Crippen molar-refractivity contribution < 1.29 is 24.2 Å². The molecule has 1 saturated heterocycles. The fourth-order valence-corrected chi connectivity index (χ4v) is 4.00. The van der Waals surface area contributed by atoms with E-state index in [-0.39, 0.29) is 40.2 Å². The lowest BCUT2D eigenvalue weighted by Gasteiger charge is -2.41. The van der Waals surface area contributed by atoms with Crippen LogP contribution in [0.15, 0.2) is 6.07 Å². The van der Waals surface area contributed by atoms with E-state index < -0.39 is 29.3 Å². The highest BCUT2D eigenvalue weighted by atomic mass is 127. The summed E-state index contributed by atoms with van der Waals surface area (Å²) in [4.78, 5) is 28.1. The molecule has 2 rings (SSSR count). The second-order valence-electron chi connectivity index (χ2n) is 5.73. The third-order valence-corrected chi connectivity index (χ3v) is 5.18. The summed E-state index contributed by atoms with van der Waals surface area (Å²) < 4.78 is 14.5. The first-order valence-electron chi connectivity index (χ1n) is 6.89. The molecule has 0 bridgehead atoms. The summed E-state index contributed by atoms with van der Waals surface area (Å²) in [6.45, 7) is 1.73. The Kier molecular flexibility index (Phi) is 5.34. The number of aromatic nitrogens is 1. The van der Waals surface area contributed by atoms with E-state index in [1.54, 1.807) is 29.5 Å². The zero-order chi connectivity index (χ0) is 17.4. The minimum atomic E-state index is -1.26. The van der Waals surface area contributed by atoms with Crippen molar-refractivity contribution in [3.8, 4) is 0 Å². The summed E-state index contributed by atoms with van der Waals surface area (Å²) in [5.74, 6) is -1.66. The van der Waals surface area contributed by atoms with Gasteiger partial charge in [0.25, 0.3) is 0 Å². The molecular weight excluding hydrogens is 442 g/mol. The second kappa shape index (κ2) is 6.76. The third-order valence-electron chi connectivity index (χ3n) is 4.21. The Labute approximate surface area is 150 Å². The van der Waals surface area contributed by atoms with Crippen LogP contribution in [-0.4, -0.2) is 44.7 Å². The number of amides is 1. The van der Waals surface area contributed by atoms with E-state index in [1.807, 2.05) is 0 Å². The maximum atomic E-state index is 14.2. The number of aliphatic carboxylic acids is 1. The molecule has 1 aliphatic rings. The van der Waals surface area contributed by atoms with E-state index in [1.165, 1.54) is 11.0 Å². The molecule has 1 amide bonds. The number of carboxylic acids is 1. The lowest BCUT2D eigenvalue weighted by atomic mass is 9.72. The van der Waals surface area contributed by atoms with Crippen LogP contribution in [-0.2, 0) is 11.2 Å². The molecule has 6 nitrogen and oxygen atoms in total. The van der Waals surface area contributed by atoms with E-state index in [0.717, 1.165) is 0 Å². The van der Waals surface area contributed by atoms with E-state index in [2.05, 4.69) is 4.98 Å². The topological polar surface area (TPSA) is 90.7 Å². The van der Waals surface area contributed by atoms with Crippen molar-refractivity contribution in [2.24, 2.45) is 5.41 Å². The molecule has 9 heteroatoms. The summed E-state index contributed by atoms with van der Waals surface area (Å²) in [6.07, 6.45) is -1.01. The van der Waals surface area contributed by atoms with Gasteiger partial charge >= 0.3 is 12.1 Å². The number of rotatable bonds is 3. The van der Waals surface area contributed by atoms with E-state index >= 15 is 0 Å². The molecule has 1 aliphatic heterocycles. The lowest BCUT2D eigenvalue weighted by molar-refractivity contribution is -0.153. The van der Waals surface area contributed by atoms with Crippen LogP contribution >= 0.6 is 34.2 Å². The Hall–Kier alpha value is -1.16. The Bertz CT molecular complexity index is 660. The van der Waals surface area contributed by atoms with Crippen LogP contribution in [0.1, 0.15) is 25.5 Å². The Morgan fingerprint density at radius 2 is 2.22 bits per heavy atom. The zero-order valence-corrected chi connectivity index (χ0v) is 15.1. The Balaban J connectivity index is 2.34. The molecule has 0 spiro atoms. The van der Waals surface area contributed by atoms with Crippen LogP contribution in [0.2, 0.25) is 5.15 Å². The number of piperidine rings is 1. The molecule has 2 N–H and O–H groups in total. The van der Waals surface area contributed by atoms with Crippen LogP contribution in [0.4, 0.5) is 9.18 Å². The van der Waals surface area contributed by atoms with Crippen molar-refractivity contribution in [2.45, 2.75) is 32.2 Å². The quantitative estimate of drug-likeness (QED) is 0.538. The van der Waals surface area contributed by atoms with Crippen LogP contribution in [0, 0.1) is 14.8 Å². The van der Waals surface area contributed by atoms with Gasteiger partial charge < -0.3 is 15.1 Å². The van der Waals surface area contributed by atoms with Gasteiger partial charge in [-0.15, -0.1) is 0 Å². The van der Waals surface area contributed by atoms with Gasteiger partial charge in [0.05, 0.1) is 14.7 Å². The first kappa shape index (κ1) is 18.2. The van der Waals surface area contributed by atoms with Gasteiger partial charge in [-0.2, -0.15) is 0 Å². The van der Waals surface area contributed by atoms with Crippen molar-refractivity contribution in [3.63, 3.8) is 0 Å². The molecule has 1 aromatic rings. The zero-order valence-electron chi connectivity index (χ0n) is 12.2. The number of hydrogen-bond acceptors (Lipinski definition) is 3. The Morgan fingerprint density at radius 3 is 2.74 bits per heavy atom. The van der Waals surface area contributed by atoms with Gasteiger partial charge in [0.2, 0.25) is 0 Å². The van der Waals surface area contributed by atoms with Crippen molar-refractivity contribution in [1.82, 2.24) is 9.88 Å². The predicted molar refractivity (Wildman–Crippen MR) is 89.1 cm³/mol. The van der Waals surface area contributed by atoms with Crippen LogP contribution in [0.5, 0.6) is 0 Å². The number of carbonyl (C=O) groups is 2. The fourth-order valence-electron chi connectivity index (χ4n) is 3.00. The normalized spacial score (nSPS) is 24.5. The highest BCUT2D eigenvalue weighted by Gasteiger charge is 2.46. The summed E-state index contributed by atoms with van der Waals surface area (Å²) >= 11 is 7.62. The molecule has 126 valence electrons. The van der Waals surface area contributed by atoms with E-state index in [4.69, 9.17) is 16.7 Å². The molecule has 2 atom stereocenters. The molecule has 0 aromatic carbocycles. The third kappa shape index (κ3) is 3.68. The van der Waals surface area contributed by atoms with Crippen LogP contribution < -0.4 is 0 Å². The van der Waals surface area contributed by atoms with Gasteiger partial charge in [0.1, 0.15) is 5.15 Å². The van der Waals surface area contributed by atoms with Gasteiger partial charge in [-0.3, -0.25) is 4.79 Å². The first-order chi connectivity index (χ1) is 10.7. The minimum Gasteiger partial charge on any atom is -0.481 e. The van der Waals surface area contributed by atoms with Crippen LogP contribution in [0.25, 0.3) is 0 Å². The summed E-state index contributed by atoms with van der Waals surface area (Å²) in [6, 6.07) is 0.892.